The van der Waals surface area contributed by atoms with Crippen molar-refractivity contribution in [1.82, 2.24) is 10.6 Å². The molecule has 0 radical (unpaired) electrons. The fraction of sp³-hybridized carbons (Fsp3) is 0.188. The highest BCUT2D eigenvalue weighted by atomic mass is 32.2. The molecule has 0 bridgehead atoms. The number of hydrogen-bond donors (Lipinski definition) is 2. The van der Waals surface area contributed by atoms with Crippen molar-refractivity contribution in [3.05, 3.63) is 66.0 Å². The van der Waals surface area contributed by atoms with Gasteiger partial charge in [0.1, 0.15) is 5.82 Å². The van der Waals surface area contributed by atoms with Gasteiger partial charge in [0.15, 0.2) is 0 Å². The highest BCUT2D eigenvalue weighted by Gasteiger charge is 2.03. The summed E-state index contributed by atoms with van der Waals surface area (Å²) in [7, 11) is 0. The van der Waals surface area contributed by atoms with Gasteiger partial charge in [-0.25, -0.2) is 9.18 Å². The number of nitrogens with one attached hydrogen (secondary N) is 2. The molecule has 0 fully saturated rings. The van der Waals surface area contributed by atoms with Crippen LogP contribution in [0.15, 0.2) is 59.5 Å². The molecule has 2 amide bonds. The number of hydrogen-bond acceptors (Lipinski definition) is 2. The number of urea groups is 1. The Hall–Kier alpha value is -2.01. The lowest BCUT2D eigenvalue weighted by atomic mass is 10.2. The summed E-state index contributed by atoms with van der Waals surface area (Å²) in [4.78, 5) is 12.8. The third-order valence-corrected chi connectivity index (χ3v) is 3.81. The Labute approximate surface area is 127 Å². The number of amides is 2. The van der Waals surface area contributed by atoms with Gasteiger partial charge in [0.25, 0.3) is 0 Å². The fourth-order valence-electron chi connectivity index (χ4n) is 1.73. The lowest BCUT2D eigenvalue weighted by Gasteiger charge is -2.08. The van der Waals surface area contributed by atoms with Crippen LogP contribution < -0.4 is 10.6 Å². The van der Waals surface area contributed by atoms with Gasteiger partial charge >= 0.3 is 6.03 Å². The van der Waals surface area contributed by atoms with E-state index >= 15 is 0 Å². The summed E-state index contributed by atoms with van der Waals surface area (Å²) in [6.45, 7) is 0.743. The first-order valence-corrected chi connectivity index (χ1v) is 7.67. The number of rotatable bonds is 6. The molecule has 0 aliphatic heterocycles. The predicted octanol–water partition coefficient (Wildman–Crippen LogP) is 3.42. The van der Waals surface area contributed by atoms with Crippen molar-refractivity contribution in [2.75, 3.05) is 12.3 Å². The smallest absolute Gasteiger partial charge is 0.315 e. The molecular weight excluding hydrogens is 287 g/mol. The predicted molar refractivity (Wildman–Crippen MR) is 83.8 cm³/mol. The van der Waals surface area contributed by atoms with Crippen LogP contribution in [-0.4, -0.2) is 18.3 Å². The van der Waals surface area contributed by atoms with Crippen molar-refractivity contribution in [3.63, 3.8) is 0 Å². The maximum absolute atomic E-state index is 13.4. The number of carbonyl (C=O) groups is 1. The zero-order chi connectivity index (χ0) is 14.9. The molecule has 0 heterocycles. The summed E-state index contributed by atoms with van der Waals surface area (Å²) in [5.74, 6) is 0.481. The minimum atomic E-state index is -0.308. The maximum atomic E-state index is 13.4. The van der Waals surface area contributed by atoms with Crippen LogP contribution in [0.4, 0.5) is 9.18 Å². The lowest BCUT2D eigenvalue weighted by Crippen LogP contribution is -2.36. The highest BCUT2D eigenvalue weighted by Crippen LogP contribution is 2.15. The molecule has 0 atom stereocenters. The van der Waals surface area contributed by atoms with E-state index in [1.54, 1.807) is 30.0 Å². The van der Waals surface area contributed by atoms with Crippen molar-refractivity contribution >= 4 is 17.8 Å². The van der Waals surface area contributed by atoms with Gasteiger partial charge in [0.2, 0.25) is 0 Å². The zero-order valence-electron chi connectivity index (χ0n) is 11.5. The molecule has 0 aliphatic carbocycles. The van der Waals surface area contributed by atoms with Gasteiger partial charge in [-0.1, -0.05) is 36.4 Å². The Balaban J connectivity index is 1.63. The molecule has 2 aromatic rings. The summed E-state index contributed by atoms with van der Waals surface area (Å²) in [5.41, 5.74) is 0.478. The quantitative estimate of drug-likeness (QED) is 0.634. The first-order chi connectivity index (χ1) is 10.3. The Kier molecular flexibility index (Phi) is 6.09. The minimum Gasteiger partial charge on any atom is -0.337 e. The molecule has 21 heavy (non-hydrogen) atoms. The van der Waals surface area contributed by atoms with Gasteiger partial charge in [0, 0.05) is 29.3 Å². The lowest BCUT2D eigenvalue weighted by molar-refractivity contribution is 0.241. The van der Waals surface area contributed by atoms with E-state index in [4.69, 9.17) is 0 Å². The van der Waals surface area contributed by atoms with E-state index in [1.165, 1.54) is 11.0 Å². The van der Waals surface area contributed by atoms with E-state index in [0.717, 1.165) is 5.75 Å². The molecule has 5 heteroatoms. The van der Waals surface area contributed by atoms with Gasteiger partial charge < -0.3 is 10.6 Å². The standard InChI is InChI=1S/C16H17FN2OS/c17-15-9-5-4-6-13(15)12-19-16(20)18-10-11-21-14-7-2-1-3-8-14/h1-9H,10-12H2,(H2,18,19,20). The summed E-state index contributed by atoms with van der Waals surface area (Å²) in [6.07, 6.45) is 0. The van der Waals surface area contributed by atoms with E-state index in [2.05, 4.69) is 10.6 Å². The monoisotopic (exact) mass is 304 g/mol. The molecule has 2 N–H and O–H groups in total. The molecule has 0 saturated carbocycles. The van der Waals surface area contributed by atoms with Crippen molar-refractivity contribution in [1.29, 1.82) is 0 Å². The maximum Gasteiger partial charge on any atom is 0.315 e. The second-order valence-electron chi connectivity index (χ2n) is 4.36. The van der Waals surface area contributed by atoms with E-state index in [0.29, 0.717) is 12.1 Å². The van der Waals surface area contributed by atoms with Gasteiger partial charge in [-0.05, 0) is 18.2 Å². The van der Waals surface area contributed by atoms with E-state index in [-0.39, 0.29) is 18.4 Å². The van der Waals surface area contributed by atoms with Crippen molar-refractivity contribution in [3.8, 4) is 0 Å². The average Bonchev–Trinajstić information content (AvgIpc) is 2.52. The molecule has 110 valence electrons. The number of thioether (sulfide) groups is 1. The average molecular weight is 304 g/mol. The summed E-state index contributed by atoms with van der Waals surface area (Å²) in [5, 5.41) is 5.39. The van der Waals surface area contributed by atoms with Crippen LogP contribution in [-0.2, 0) is 6.54 Å². The van der Waals surface area contributed by atoms with E-state index in [9.17, 15) is 9.18 Å². The third kappa shape index (κ3) is 5.47. The van der Waals surface area contributed by atoms with Gasteiger partial charge in [-0.2, -0.15) is 0 Å². The molecule has 0 aromatic heterocycles. The van der Waals surface area contributed by atoms with Gasteiger partial charge in [0.05, 0.1) is 0 Å². The topological polar surface area (TPSA) is 41.1 Å². The first kappa shape index (κ1) is 15.4. The summed E-state index contributed by atoms with van der Waals surface area (Å²) in [6, 6.07) is 16.1. The van der Waals surface area contributed by atoms with E-state index < -0.39 is 0 Å². The Morgan fingerprint density at radius 3 is 2.48 bits per heavy atom. The molecule has 0 unspecified atom stereocenters. The van der Waals surface area contributed by atoms with E-state index in [1.807, 2.05) is 30.3 Å². The van der Waals surface area contributed by atoms with Crippen LogP contribution in [0.25, 0.3) is 0 Å². The second kappa shape index (κ2) is 8.32. The molecule has 3 nitrogen and oxygen atoms in total. The molecule has 0 aliphatic rings. The van der Waals surface area contributed by atoms with Crippen LogP contribution in [0.5, 0.6) is 0 Å². The summed E-state index contributed by atoms with van der Waals surface area (Å²) >= 11 is 1.68. The third-order valence-electron chi connectivity index (χ3n) is 2.80. The van der Waals surface area contributed by atoms with Crippen molar-refractivity contribution in [2.45, 2.75) is 11.4 Å². The molecule has 2 aromatic carbocycles. The number of carbonyl (C=O) groups excluding carboxylic acids is 1. The highest BCUT2D eigenvalue weighted by molar-refractivity contribution is 7.99. The molecule has 2 rings (SSSR count). The zero-order valence-corrected chi connectivity index (χ0v) is 12.3. The molecule has 0 spiro atoms. The van der Waals surface area contributed by atoms with Crippen LogP contribution in [0.1, 0.15) is 5.56 Å². The number of halogens is 1. The minimum absolute atomic E-state index is 0.185. The van der Waals surface area contributed by atoms with Crippen LogP contribution in [0.2, 0.25) is 0 Å². The van der Waals surface area contributed by atoms with Crippen LogP contribution in [0, 0.1) is 5.82 Å². The van der Waals surface area contributed by atoms with Crippen molar-refractivity contribution in [2.24, 2.45) is 0 Å². The molecule has 0 saturated heterocycles. The van der Waals surface area contributed by atoms with Crippen LogP contribution >= 0.6 is 11.8 Å². The fourth-order valence-corrected chi connectivity index (χ4v) is 2.52. The summed E-state index contributed by atoms with van der Waals surface area (Å²) < 4.78 is 13.4. The number of benzene rings is 2. The Morgan fingerprint density at radius 1 is 1.00 bits per heavy atom. The Bertz CT molecular complexity index is 577. The second-order valence-corrected chi connectivity index (χ2v) is 5.53. The largest absolute Gasteiger partial charge is 0.337 e. The van der Waals surface area contributed by atoms with Crippen molar-refractivity contribution < 1.29 is 9.18 Å². The normalized spacial score (nSPS) is 10.1. The van der Waals surface area contributed by atoms with Crippen LogP contribution in [0.3, 0.4) is 0 Å². The molecular formula is C16H17FN2OS. The Morgan fingerprint density at radius 2 is 1.71 bits per heavy atom. The SMILES string of the molecule is O=C(NCCSc1ccccc1)NCc1ccccc1F. The first-order valence-electron chi connectivity index (χ1n) is 6.68. The van der Waals surface area contributed by atoms with Gasteiger partial charge in [-0.3, -0.25) is 0 Å². The van der Waals surface area contributed by atoms with Gasteiger partial charge in [-0.15, -0.1) is 11.8 Å².